The van der Waals surface area contributed by atoms with Crippen molar-refractivity contribution in [2.45, 2.75) is 25.8 Å². The number of Topliss-reactive ketones (excluding diaryl/α,β-unsaturated/α-hetero) is 1. The third-order valence-electron chi connectivity index (χ3n) is 6.42. The monoisotopic (exact) mass is 448 g/mol. The Morgan fingerprint density at radius 1 is 1.00 bits per heavy atom. The molecule has 2 heterocycles. The zero-order valence-electron chi connectivity index (χ0n) is 19.5. The van der Waals surface area contributed by atoms with Gasteiger partial charge in [-0.2, -0.15) is 0 Å². The molecule has 2 aliphatic rings. The molecule has 1 atom stereocenters. The van der Waals surface area contributed by atoms with Crippen LogP contribution in [0, 0.1) is 6.92 Å². The minimum absolute atomic E-state index is 0.152. The van der Waals surface area contributed by atoms with Gasteiger partial charge in [-0.05, 0) is 19.4 Å². The number of benzene rings is 2. The predicted molar refractivity (Wildman–Crippen MR) is 126 cm³/mol. The van der Waals surface area contributed by atoms with Gasteiger partial charge in [0.25, 0.3) is 17.6 Å². The lowest BCUT2D eigenvalue weighted by molar-refractivity contribution is -0.857. The van der Waals surface area contributed by atoms with Gasteiger partial charge in [0.2, 0.25) is 0 Å². The van der Waals surface area contributed by atoms with E-state index in [2.05, 4.69) is 0 Å². The number of aryl methyl sites for hydroxylation is 1. The molecule has 172 valence electrons. The summed E-state index contributed by atoms with van der Waals surface area (Å²) in [5, 5.41) is 11.4. The summed E-state index contributed by atoms with van der Waals surface area (Å²) < 4.78 is 0. The molecule has 2 amide bonds. The number of carbonyl (C=O) groups is 3. The Morgan fingerprint density at radius 2 is 1.67 bits per heavy atom. The van der Waals surface area contributed by atoms with E-state index < -0.39 is 17.2 Å². The number of hydrogen-bond acceptors (Lipinski definition) is 4. The first kappa shape index (κ1) is 22.7. The van der Waals surface area contributed by atoms with Gasteiger partial charge >= 0.3 is 0 Å². The number of aliphatic hydroxyl groups is 1. The van der Waals surface area contributed by atoms with Gasteiger partial charge in [0.15, 0.2) is 5.54 Å². The molecule has 0 saturated carbocycles. The van der Waals surface area contributed by atoms with Crippen LogP contribution in [0.15, 0.2) is 54.1 Å². The fourth-order valence-electron chi connectivity index (χ4n) is 4.80. The molecule has 1 unspecified atom stereocenters. The first-order valence-electron chi connectivity index (χ1n) is 11.3. The molecular formula is C26H30N3O4+. The van der Waals surface area contributed by atoms with Crippen LogP contribution in [0.5, 0.6) is 0 Å². The number of aliphatic hydroxyl groups excluding tert-OH is 1. The molecule has 2 aliphatic heterocycles. The smallest absolute Gasteiger partial charge is 0.296 e. The summed E-state index contributed by atoms with van der Waals surface area (Å²) in [6, 6.07) is 14.3. The van der Waals surface area contributed by atoms with Gasteiger partial charge in [-0.1, -0.05) is 55.0 Å². The van der Waals surface area contributed by atoms with Crippen molar-refractivity contribution in [2.24, 2.45) is 0 Å². The summed E-state index contributed by atoms with van der Waals surface area (Å²) in [5.41, 5.74) is 0.793. The van der Waals surface area contributed by atoms with Crippen molar-refractivity contribution >= 4 is 29.0 Å². The Morgan fingerprint density at radius 3 is 2.30 bits per heavy atom. The highest BCUT2D eigenvalue weighted by atomic mass is 16.3. The van der Waals surface area contributed by atoms with Crippen molar-refractivity contribution in [2.75, 3.05) is 38.6 Å². The van der Waals surface area contributed by atoms with Gasteiger partial charge in [-0.15, -0.1) is 0 Å². The van der Waals surface area contributed by atoms with E-state index in [4.69, 9.17) is 0 Å². The minimum atomic E-state index is -1.68. The molecule has 7 nitrogen and oxygen atoms in total. The van der Waals surface area contributed by atoms with Crippen LogP contribution < -0.4 is 9.80 Å². The SMILES string of the molecule is CCCN1C(=O)C2(C(=C(O)c3ccc(C)cc3)C(=O)C(=O)N2CC[NH+](C)C)c2ccccc21. The van der Waals surface area contributed by atoms with Crippen molar-refractivity contribution in [3.05, 3.63) is 70.8 Å². The number of likely N-dealkylation sites (tertiary alicyclic amines) is 1. The van der Waals surface area contributed by atoms with Gasteiger partial charge in [-0.3, -0.25) is 14.4 Å². The van der Waals surface area contributed by atoms with E-state index in [0.717, 1.165) is 10.5 Å². The van der Waals surface area contributed by atoms with Gasteiger partial charge in [0.05, 0.1) is 38.4 Å². The number of nitrogens with zero attached hydrogens (tertiary/aromatic N) is 2. The van der Waals surface area contributed by atoms with Crippen molar-refractivity contribution in [1.29, 1.82) is 0 Å². The molecule has 1 saturated heterocycles. The number of para-hydroxylation sites is 1. The Kier molecular flexibility index (Phi) is 5.84. The lowest BCUT2D eigenvalue weighted by Gasteiger charge is -2.34. The number of nitrogens with one attached hydrogen (secondary N) is 1. The molecule has 0 bridgehead atoms. The topological polar surface area (TPSA) is 82.4 Å². The van der Waals surface area contributed by atoms with E-state index >= 15 is 0 Å². The molecule has 7 heteroatoms. The maximum Gasteiger partial charge on any atom is 0.296 e. The molecule has 1 fully saturated rings. The van der Waals surface area contributed by atoms with Gasteiger partial charge in [-0.25, -0.2) is 0 Å². The molecule has 4 rings (SSSR count). The van der Waals surface area contributed by atoms with Crippen LogP contribution >= 0.6 is 0 Å². The molecule has 1 spiro atoms. The van der Waals surface area contributed by atoms with Crippen molar-refractivity contribution in [3.8, 4) is 0 Å². The maximum atomic E-state index is 14.2. The van der Waals surface area contributed by atoms with E-state index in [9.17, 15) is 19.5 Å². The largest absolute Gasteiger partial charge is 0.507 e. The standard InChI is InChI=1S/C26H29N3O4/c1-5-14-28-20-9-7-6-8-19(20)26(25(28)33)21(22(30)18-12-10-17(2)11-13-18)23(31)24(32)29(26)16-15-27(3)4/h6-13,30H,5,14-16H2,1-4H3/p+1. The molecule has 2 aromatic rings. The third kappa shape index (κ3) is 3.35. The average Bonchev–Trinajstić information content (AvgIpc) is 3.16. The van der Waals surface area contributed by atoms with E-state index in [1.54, 1.807) is 29.2 Å². The quantitative estimate of drug-likeness (QED) is 0.398. The fourth-order valence-corrected chi connectivity index (χ4v) is 4.80. The number of fused-ring (bicyclic) bond motifs is 2. The summed E-state index contributed by atoms with van der Waals surface area (Å²) in [7, 11) is 3.90. The zero-order chi connectivity index (χ0) is 23.9. The lowest BCUT2D eigenvalue weighted by atomic mass is 9.82. The first-order valence-corrected chi connectivity index (χ1v) is 11.3. The van der Waals surface area contributed by atoms with Crippen LogP contribution in [0.4, 0.5) is 5.69 Å². The summed E-state index contributed by atoms with van der Waals surface area (Å²) in [4.78, 5) is 45.0. The highest BCUT2D eigenvalue weighted by Crippen LogP contribution is 2.53. The summed E-state index contributed by atoms with van der Waals surface area (Å²) >= 11 is 0. The minimum Gasteiger partial charge on any atom is -0.507 e. The van der Waals surface area contributed by atoms with Crippen molar-refractivity contribution in [3.63, 3.8) is 0 Å². The summed E-state index contributed by atoms with van der Waals surface area (Å²) in [6.45, 7) is 5.09. The lowest BCUT2D eigenvalue weighted by Crippen LogP contribution is -3.06. The number of ketones is 1. The number of amides is 2. The Hall–Kier alpha value is -3.45. The number of rotatable bonds is 6. The maximum absolute atomic E-state index is 14.2. The molecule has 2 N–H and O–H groups in total. The van der Waals surface area contributed by atoms with E-state index in [-0.39, 0.29) is 23.8 Å². The molecule has 0 aliphatic carbocycles. The molecule has 0 aromatic heterocycles. The highest BCUT2D eigenvalue weighted by molar-refractivity contribution is 6.50. The Labute approximate surface area is 193 Å². The first-order chi connectivity index (χ1) is 15.7. The summed E-state index contributed by atoms with van der Waals surface area (Å²) in [6.07, 6.45) is 0.711. The average molecular weight is 449 g/mol. The van der Waals surface area contributed by atoms with Gasteiger partial charge in [0, 0.05) is 17.7 Å². The van der Waals surface area contributed by atoms with Crippen LogP contribution in [0.25, 0.3) is 5.76 Å². The summed E-state index contributed by atoms with van der Waals surface area (Å²) in [5.74, 6) is -2.28. The number of anilines is 1. The third-order valence-corrected chi connectivity index (χ3v) is 6.42. The molecule has 33 heavy (non-hydrogen) atoms. The van der Waals surface area contributed by atoms with Crippen LogP contribution in [-0.2, 0) is 19.9 Å². The van der Waals surface area contributed by atoms with E-state index in [1.165, 1.54) is 4.90 Å². The van der Waals surface area contributed by atoms with Crippen molar-refractivity contribution in [1.82, 2.24) is 4.90 Å². The molecular weight excluding hydrogens is 418 g/mol. The molecule has 2 aromatic carbocycles. The predicted octanol–water partition coefficient (Wildman–Crippen LogP) is 1.47. The highest BCUT2D eigenvalue weighted by Gasteiger charge is 2.67. The second kappa shape index (κ2) is 8.48. The number of hydrogen-bond donors (Lipinski definition) is 2. The van der Waals surface area contributed by atoms with Gasteiger partial charge in [0.1, 0.15) is 5.76 Å². The van der Waals surface area contributed by atoms with E-state index in [1.807, 2.05) is 52.2 Å². The zero-order valence-corrected chi connectivity index (χ0v) is 19.5. The normalized spacial score (nSPS) is 21.5. The van der Waals surface area contributed by atoms with E-state index in [0.29, 0.717) is 36.3 Å². The van der Waals surface area contributed by atoms with Crippen LogP contribution in [-0.4, -0.2) is 61.3 Å². The van der Waals surface area contributed by atoms with Crippen LogP contribution in [0.1, 0.15) is 30.0 Å². The number of likely N-dealkylation sites (N-methyl/N-ethyl adjacent to an activating group) is 1. The second-order valence-corrected chi connectivity index (χ2v) is 9.02. The number of quaternary nitrogens is 1. The van der Waals surface area contributed by atoms with Gasteiger partial charge < -0.3 is 19.8 Å². The Bertz CT molecular complexity index is 1150. The fraction of sp³-hybridized carbons (Fsp3) is 0.346. The molecule has 0 radical (unpaired) electrons. The van der Waals surface area contributed by atoms with Crippen LogP contribution in [0.2, 0.25) is 0 Å². The number of carbonyl (C=O) groups excluding carboxylic acids is 3. The van der Waals surface area contributed by atoms with Crippen LogP contribution in [0.3, 0.4) is 0 Å². The van der Waals surface area contributed by atoms with Crippen molar-refractivity contribution < 1.29 is 24.4 Å². The Balaban J connectivity index is 2.04. The second-order valence-electron chi connectivity index (χ2n) is 9.02.